The van der Waals surface area contributed by atoms with Gasteiger partial charge < -0.3 is 5.11 Å². The molecule has 18 heavy (non-hydrogen) atoms. The van der Waals surface area contributed by atoms with Crippen LogP contribution in [0.5, 0.6) is 0 Å². The summed E-state index contributed by atoms with van der Waals surface area (Å²) in [5.74, 6) is -1.79. The molecule has 0 aliphatic carbocycles. The van der Waals surface area contributed by atoms with E-state index in [1.165, 1.54) is 24.4 Å². The van der Waals surface area contributed by atoms with Gasteiger partial charge in [-0.2, -0.15) is 13.2 Å². The van der Waals surface area contributed by atoms with Crippen LogP contribution in [0.1, 0.15) is 16.2 Å². The highest BCUT2D eigenvalue weighted by atomic mass is 19.4. The maximum Gasteiger partial charge on any atom is 0.434 e. The van der Waals surface area contributed by atoms with Gasteiger partial charge in [-0.15, -0.1) is 0 Å². The second-order valence-corrected chi connectivity index (χ2v) is 3.30. The number of rotatable bonds is 2. The normalized spacial score (nSPS) is 11.5. The molecule has 2 rings (SSSR count). The molecule has 1 N–H and O–H groups in total. The zero-order chi connectivity index (χ0) is 13.3. The Hall–Kier alpha value is -2.38. The number of imidazole rings is 1. The van der Waals surface area contributed by atoms with Crippen molar-refractivity contribution >= 4 is 5.97 Å². The molecule has 2 heterocycles. The van der Waals surface area contributed by atoms with E-state index in [4.69, 9.17) is 5.11 Å². The molecule has 0 aromatic carbocycles. The van der Waals surface area contributed by atoms with Crippen LogP contribution >= 0.6 is 0 Å². The second-order valence-electron chi connectivity index (χ2n) is 3.30. The van der Waals surface area contributed by atoms with E-state index in [1.807, 2.05) is 0 Å². The number of hydrogen-bond acceptors (Lipinski definition) is 3. The van der Waals surface area contributed by atoms with Crippen molar-refractivity contribution in [3.63, 3.8) is 0 Å². The van der Waals surface area contributed by atoms with E-state index in [-0.39, 0.29) is 5.82 Å². The van der Waals surface area contributed by atoms with Crippen molar-refractivity contribution in [2.75, 3.05) is 0 Å². The molecule has 0 bridgehead atoms. The summed E-state index contributed by atoms with van der Waals surface area (Å²) in [6, 6.07) is 4.34. The van der Waals surface area contributed by atoms with Gasteiger partial charge in [-0.1, -0.05) is 6.07 Å². The smallest absolute Gasteiger partial charge is 0.434 e. The van der Waals surface area contributed by atoms with E-state index < -0.39 is 23.5 Å². The largest absolute Gasteiger partial charge is 0.476 e. The van der Waals surface area contributed by atoms with Gasteiger partial charge in [0, 0.05) is 6.20 Å². The molecule has 0 amide bonds. The number of hydrogen-bond donors (Lipinski definition) is 1. The van der Waals surface area contributed by atoms with E-state index >= 15 is 0 Å². The maximum absolute atomic E-state index is 12.8. The number of nitrogens with zero attached hydrogens (tertiary/aromatic N) is 3. The zero-order valence-corrected chi connectivity index (χ0v) is 8.72. The van der Waals surface area contributed by atoms with Crippen LogP contribution in [0.15, 0.2) is 30.7 Å². The van der Waals surface area contributed by atoms with Crippen molar-refractivity contribution < 1.29 is 23.1 Å². The van der Waals surface area contributed by atoms with Gasteiger partial charge in [-0.25, -0.2) is 14.8 Å². The Morgan fingerprint density at radius 2 is 2.00 bits per heavy atom. The average molecular weight is 257 g/mol. The molecule has 0 saturated heterocycles. The molecule has 0 aliphatic rings. The lowest BCUT2D eigenvalue weighted by molar-refractivity contribution is -0.142. The number of aromatic carboxylic acids is 1. The highest BCUT2D eigenvalue weighted by Crippen LogP contribution is 2.33. The highest BCUT2D eigenvalue weighted by molar-refractivity contribution is 5.87. The lowest BCUT2D eigenvalue weighted by Crippen LogP contribution is -2.17. The van der Waals surface area contributed by atoms with Crippen LogP contribution in [-0.4, -0.2) is 25.6 Å². The van der Waals surface area contributed by atoms with Crippen LogP contribution in [-0.2, 0) is 6.18 Å². The molecule has 0 fully saturated rings. The summed E-state index contributed by atoms with van der Waals surface area (Å²) < 4.78 is 39.1. The third kappa shape index (κ3) is 2.04. The minimum absolute atomic E-state index is 0.0511. The third-order valence-electron chi connectivity index (χ3n) is 2.13. The van der Waals surface area contributed by atoms with E-state index in [2.05, 4.69) is 9.97 Å². The van der Waals surface area contributed by atoms with Crippen LogP contribution in [0.2, 0.25) is 0 Å². The van der Waals surface area contributed by atoms with Crippen molar-refractivity contribution in [2.45, 2.75) is 6.18 Å². The molecule has 5 nitrogen and oxygen atoms in total. The Morgan fingerprint density at radius 3 is 2.50 bits per heavy atom. The van der Waals surface area contributed by atoms with Gasteiger partial charge in [0.2, 0.25) is 0 Å². The summed E-state index contributed by atoms with van der Waals surface area (Å²) in [5.41, 5.74) is -2.40. The van der Waals surface area contributed by atoms with Gasteiger partial charge in [0.25, 0.3) is 0 Å². The SMILES string of the molecule is O=C(O)c1ncn(-c2ccccn2)c1C(F)(F)F. The Labute approximate surface area is 98.5 Å². The second kappa shape index (κ2) is 4.13. The minimum Gasteiger partial charge on any atom is -0.476 e. The molecule has 8 heteroatoms. The summed E-state index contributed by atoms with van der Waals surface area (Å²) in [5, 5.41) is 8.69. The maximum atomic E-state index is 12.8. The Bertz CT molecular complexity index is 578. The van der Waals surface area contributed by atoms with Gasteiger partial charge in [-0.05, 0) is 12.1 Å². The topological polar surface area (TPSA) is 68.0 Å². The summed E-state index contributed by atoms with van der Waals surface area (Å²) in [7, 11) is 0. The first-order valence-electron chi connectivity index (χ1n) is 4.70. The Balaban J connectivity index is 2.67. The van der Waals surface area contributed by atoms with Crippen molar-refractivity contribution in [1.82, 2.24) is 14.5 Å². The van der Waals surface area contributed by atoms with Crippen LogP contribution < -0.4 is 0 Å². The first kappa shape index (κ1) is 12.1. The predicted molar refractivity (Wildman–Crippen MR) is 53.3 cm³/mol. The quantitative estimate of drug-likeness (QED) is 0.893. The molecule has 0 aliphatic heterocycles. The Kier molecular flexibility index (Phi) is 2.77. The number of carboxylic acids is 1. The number of alkyl halides is 3. The van der Waals surface area contributed by atoms with E-state index in [0.29, 0.717) is 4.57 Å². The first-order chi connectivity index (χ1) is 8.41. The monoisotopic (exact) mass is 257 g/mol. The number of aromatic nitrogens is 3. The van der Waals surface area contributed by atoms with Crippen LogP contribution in [0.3, 0.4) is 0 Å². The molecular formula is C10H6F3N3O2. The van der Waals surface area contributed by atoms with E-state index in [9.17, 15) is 18.0 Å². The predicted octanol–water partition coefficient (Wildman–Crippen LogP) is 1.98. The number of pyridine rings is 1. The van der Waals surface area contributed by atoms with Gasteiger partial charge >= 0.3 is 12.1 Å². The number of carbonyl (C=O) groups is 1. The molecule has 0 saturated carbocycles. The number of halogens is 3. The molecule has 94 valence electrons. The number of carboxylic acid groups (broad SMARTS) is 1. The molecule has 2 aromatic rings. The zero-order valence-electron chi connectivity index (χ0n) is 8.72. The van der Waals surface area contributed by atoms with Crippen LogP contribution in [0.4, 0.5) is 13.2 Å². The molecular weight excluding hydrogens is 251 g/mol. The van der Waals surface area contributed by atoms with Crippen LogP contribution in [0, 0.1) is 0 Å². The summed E-state index contributed by atoms with van der Waals surface area (Å²) >= 11 is 0. The van der Waals surface area contributed by atoms with E-state index in [1.54, 1.807) is 0 Å². The fraction of sp³-hybridized carbons (Fsp3) is 0.100. The van der Waals surface area contributed by atoms with Crippen molar-refractivity contribution in [1.29, 1.82) is 0 Å². The fourth-order valence-corrected chi connectivity index (χ4v) is 1.45. The molecule has 0 atom stereocenters. The standard InChI is InChI=1S/C10H6F3N3O2/c11-10(12,13)8-7(9(17)18)15-5-16(8)6-3-1-2-4-14-6/h1-5H,(H,17,18). The van der Waals surface area contributed by atoms with Crippen molar-refractivity contribution in [3.8, 4) is 5.82 Å². The fourth-order valence-electron chi connectivity index (χ4n) is 1.45. The molecule has 2 aromatic heterocycles. The third-order valence-corrected chi connectivity index (χ3v) is 2.13. The lowest BCUT2D eigenvalue weighted by Gasteiger charge is -2.10. The van der Waals surface area contributed by atoms with Gasteiger partial charge in [-0.3, -0.25) is 4.57 Å². The first-order valence-corrected chi connectivity index (χ1v) is 4.70. The lowest BCUT2D eigenvalue weighted by atomic mass is 10.3. The van der Waals surface area contributed by atoms with Crippen molar-refractivity contribution in [2.24, 2.45) is 0 Å². The van der Waals surface area contributed by atoms with Gasteiger partial charge in [0.05, 0.1) is 0 Å². The van der Waals surface area contributed by atoms with Crippen LogP contribution in [0.25, 0.3) is 5.82 Å². The van der Waals surface area contributed by atoms with Crippen molar-refractivity contribution in [3.05, 3.63) is 42.1 Å². The van der Waals surface area contributed by atoms with Gasteiger partial charge in [0.15, 0.2) is 11.4 Å². The highest BCUT2D eigenvalue weighted by Gasteiger charge is 2.41. The van der Waals surface area contributed by atoms with E-state index in [0.717, 1.165) is 6.33 Å². The average Bonchev–Trinajstić information content (AvgIpc) is 2.74. The summed E-state index contributed by atoms with van der Waals surface area (Å²) in [6.45, 7) is 0. The molecule has 0 radical (unpaired) electrons. The van der Waals surface area contributed by atoms with Gasteiger partial charge in [0.1, 0.15) is 12.1 Å². The Morgan fingerprint density at radius 1 is 1.28 bits per heavy atom. The summed E-state index contributed by atoms with van der Waals surface area (Å²) in [6.07, 6.45) is -2.74. The summed E-state index contributed by atoms with van der Waals surface area (Å²) in [4.78, 5) is 17.7. The molecule has 0 unspecified atom stereocenters. The molecule has 0 spiro atoms. The minimum atomic E-state index is -4.83.